The number of hydrogen-bond donors (Lipinski definition) is 0. The first-order valence-electron chi connectivity index (χ1n) is 6.91. The summed E-state index contributed by atoms with van der Waals surface area (Å²) in [7, 11) is 0. The predicted molar refractivity (Wildman–Crippen MR) is 80.3 cm³/mol. The van der Waals surface area contributed by atoms with Gasteiger partial charge in [0.1, 0.15) is 0 Å². The summed E-state index contributed by atoms with van der Waals surface area (Å²) in [5.74, 6) is 0. The van der Waals surface area contributed by atoms with Gasteiger partial charge < -0.3 is 0 Å². The summed E-state index contributed by atoms with van der Waals surface area (Å²) >= 11 is 2.24. The van der Waals surface area contributed by atoms with Crippen molar-refractivity contribution >= 4 is 9.44 Å². The number of rotatable bonds is 1. The van der Waals surface area contributed by atoms with Gasteiger partial charge in [0.05, 0.1) is 0 Å². The Kier molecular flexibility index (Phi) is 3.71. The zero-order valence-electron chi connectivity index (χ0n) is 13.2. The molecule has 0 atom stereocenters. The minimum absolute atomic E-state index is 0.153. The standard InChI is InChI=1S/C18H23.Ti/c1-11-8-9-16(12(2)10-11)17-14(4)13(3)15(5)18(17,6)7;/h8-9H,1-7H3;. The normalized spacial score (nSPS) is 18.4. The average Bonchev–Trinajstić information content (AvgIpc) is 2.49. The first-order chi connectivity index (χ1) is 8.69. The van der Waals surface area contributed by atoms with Crippen LogP contribution >= 0.6 is 0 Å². The van der Waals surface area contributed by atoms with Crippen molar-refractivity contribution in [2.24, 2.45) is 5.41 Å². The zero-order valence-corrected chi connectivity index (χ0v) is 14.7. The molecule has 1 aliphatic rings. The van der Waals surface area contributed by atoms with Crippen LogP contribution in [0.3, 0.4) is 0 Å². The molecule has 1 heteroatoms. The summed E-state index contributed by atoms with van der Waals surface area (Å²) in [4.78, 5) is 0. The second-order valence-electron chi connectivity index (χ2n) is 6.31. The molecule has 99 valence electrons. The van der Waals surface area contributed by atoms with E-state index in [4.69, 9.17) is 0 Å². The van der Waals surface area contributed by atoms with Crippen molar-refractivity contribution in [3.8, 4) is 0 Å². The Labute approximate surface area is 129 Å². The molecule has 0 amide bonds. The van der Waals surface area contributed by atoms with Gasteiger partial charge >= 0.3 is 129 Å². The van der Waals surface area contributed by atoms with Gasteiger partial charge in [-0.2, -0.15) is 0 Å². The summed E-state index contributed by atoms with van der Waals surface area (Å²) < 4.78 is 1.43. The monoisotopic (exact) mass is 287 g/mol. The molecular formula is C18H23Ti. The second-order valence-corrected chi connectivity index (χ2v) is 7.09. The Morgan fingerprint density at radius 1 is 0.895 bits per heavy atom. The van der Waals surface area contributed by atoms with E-state index in [0.29, 0.717) is 0 Å². The molecule has 0 radical (unpaired) electrons. The molecule has 0 aliphatic heterocycles. The van der Waals surface area contributed by atoms with Crippen LogP contribution in [0.4, 0.5) is 0 Å². The number of aryl methyl sites for hydroxylation is 1. The summed E-state index contributed by atoms with van der Waals surface area (Å²) in [6.07, 6.45) is 0. The molecule has 0 saturated heterocycles. The number of hydrogen-bond acceptors (Lipinski definition) is 0. The number of benzene rings is 1. The third-order valence-corrected chi connectivity index (χ3v) is 6.21. The molecule has 1 aromatic carbocycles. The molecule has 2 rings (SSSR count). The van der Waals surface area contributed by atoms with Gasteiger partial charge in [-0.05, 0) is 0 Å². The van der Waals surface area contributed by atoms with Gasteiger partial charge in [-0.25, -0.2) is 0 Å². The van der Waals surface area contributed by atoms with Crippen LogP contribution in [0.25, 0.3) is 5.57 Å². The fourth-order valence-corrected chi connectivity index (χ4v) is 3.59. The predicted octanol–water partition coefficient (Wildman–Crippen LogP) is 4.63. The SMILES string of the molecule is CC1=C(C)C(C)(C)C(c2ccc(C)[c]([Ti])c2C)=C1C. The first-order valence-corrected chi connectivity index (χ1v) is 7.69. The number of allylic oxidation sites excluding steroid dienone is 4. The van der Waals surface area contributed by atoms with E-state index in [0.717, 1.165) is 0 Å². The van der Waals surface area contributed by atoms with E-state index in [1.165, 1.54) is 42.9 Å². The first kappa shape index (κ1) is 14.8. The Bertz CT molecular complexity index is 613. The molecule has 0 spiro atoms. The van der Waals surface area contributed by atoms with Gasteiger partial charge in [-0.3, -0.25) is 0 Å². The van der Waals surface area contributed by atoms with E-state index in [9.17, 15) is 0 Å². The molecule has 0 nitrogen and oxygen atoms in total. The summed E-state index contributed by atoms with van der Waals surface area (Å²) in [5.41, 5.74) is 10.4. The van der Waals surface area contributed by atoms with Crippen LogP contribution in [0, 0.1) is 19.3 Å². The Balaban J connectivity index is 2.72. The summed E-state index contributed by atoms with van der Waals surface area (Å²) in [6, 6.07) is 4.57. The maximum absolute atomic E-state index is 2.35. The molecule has 0 N–H and O–H groups in total. The maximum atomic E-state index is 2.35. The van der Waals surface area contributed by atoms with Crippen molar-refractivity contribution in [3.63, 3.8) is 0 Å². The zero-order chi connectivity index (χ0) is 14.5. The van der Waals surface area contributed by atoms with E-state index >= 15 is 0 Å². The molecule has 0 unspecified atom stereocenters. The van der Waals surface area contributed by atoms with Gasteiger partial charge in [0, 0.05) is 0 Å². The molecule has 19 heavy (non-hydrogen) atoms. The van der Waals surface area contributed by atoms with E-state index in [2.05, 4.69) is 81.0 Å². The molecule has 0 heterocycles. The Morgan fingerprint density at radius 3 is 1.95 bits per heavy atom. The van der Waals surface area contributed by atoms with Crippen LogP contribution in [0.5, 0.6) is 0 Å². The summed E-state index contributed by atoms with van der Waals surface area (Å²) in [5, 5.41) is 0. The Hall–Kier alpha value is -0.586. The molecule has 0 saturated carbocycles. The van der Waals surface area contributed by atoms with Gasteiger partial charge in [0.2, 0.25) is 0 Å². The third kappa shape index (κ3) is 2.10. The molecular weight excluding hydrogens is 264 g/mol. The van der Waals surface area contributed by atoms with Crippen molar-refractivity contribution in [1.29, 1.82) is 0 Å². The molecule has 0 bridgehead atoms. The average molecular weight is 287 g/mol. The quantitative estimate of drug-likeness (QED) is 0.661. The van der Waals surface area contributed by atoms with E-state index in [1.807, 2.05) is 0 Å². The Morgan fingerprint density at radius 2 is 1.47 bits per heavy atom. The van der Waals surface area contributed by atoms with Crippen LogP contribution in [-0.4, -0.2) is 0 Å². The molecule has 1 aliphatic carbocycles. The topological polar surface area (TPSA) is 0 Å². The van der Waals surface area contributed by atoms with Crippen molar-refractivity contribution in [3.05, 3.63) is 45.5 Å². The minimum atomic E-state index is 0.153. The van der Waals surface area contributed by atoms with Gasteiger partial charge in [-0.15, -0.1) is 0 Å². The fourth-order valence-electron chi connectivity index (χ4n) is 3.25. The molecule has 0 fully saturated rings. The fraction of sp³-hybridized carbons (Fsp3) is 0.444. The van der Waals surface area contributed by atoms with Gasteiger partial charge in [0.25, 0.3) is 0 Å². The van der Waals surface area contributed by atoms with Crippen LogP contribution in [0.1, 0.15) is 51.3 Å². The van der Waals surface area contributed by atoms with Gasteiger partial charge in [0.15, 0.2) is 0 Å². The van der Waals surface area contributed by atoms with Crippen molar-refractivity contribution < 1.29 is 20.4 Å². The van der Waals surface area contributed by atoms with Crippen LogP contribution < -0.4 is 3.87 Å². The van der Waals surface area contributed by atoms with Crippen LogP contribution in [0.15, 0.2) is 28.9 Å². The molecule has 1 aromatic rings. The second kappa shape index (κ2) is 4.75. The molecule has 0 aromatic heterocycles. The van der Waals surface area contributed by atoms with Crippen LogP contribution in [0.2, 0.25) is 0 Å². The third-order valence-electron chi connectivity index (χ3n) is 5.01. The van der Waals surface area contributed by atoms with Crippen molar-refractivity contribution in [2.45, 2.75) is 48.5 Å². The van der Waals surface area contributed by atoms with E-state index in [-0.39, 0.29) is 5.41 Å². The van der Waals surface area contributed by atoms with E-state index in [1.54, 1.807) is 0 Å². The van der Waals surface area contributed by atoms with Gasteiger partial charge in [-0.1, -0.05) is 0 Å². The van der Waals surface area contributed by atoms with Crippen molar-refractivity contribution in [1.82, 2.24) is 0 Å². The van der Waals surface area contributed by atoms with E-state index < -0.39 is 0 Å². The van der Waals surface area contributed by atoms with Crippen molar-refractivity contribution in [2.75, 3.05) is 0 Å². The summed E-state index contributed by atoms with van der Waals surface area (Å²) in [6.45, 7) is 16.0. The van der Waals surface area contributed by atoms with Crippen LogP contribution in [-0.2, 0) is 20.4 Å².